The van der Waals surface area contributed by atoms with Crippen molar-refractivity contribution in [2.24, 2.45) is 0 Å². The molecule has 5 heteroatoms. The Morgan fingerprint density at radius 3 is 2.23 bits per heavy atom. The third-order valence-corrected chi connectivity index (χ3v) is 3.03. The standard InChI is InChI=1S/C8H11O3PS/c1-13-8-4-2-7(3-5-8)6-12(9,10)11/h2-5H,6H2,1H3,(H2,9,10,11)/p-2. The summed E-state index contributed by atoms with van der Waals surface area (Å²) in [5.74, 6) is 0. The minimum absolute atomic E-state index is 0.401. The number of hydrogen-bond acceptors (Lipinski definition) is 4. The highest BCUT2D eigenvalue weighted by atomic mass is 32.2. The molecule has 1 aromatic rings. The second-order valence-corrected chi connectivity index (χ2v) is 5.03. The van der Waals surface area contributed by atoms with E-state index in [1.807, 2.05) is 6.26 Å². The summed E-state index contributed by atoms with van der Waals surface area (Å²) in [7, 11) is -4.42. The monoisotopic (exact) mass is 216 g/mol. The molecule has 72 valence electrons. The molecule has 0 unspecified atom stereocenters. The summed E-state index contributed by atoms with van der Waals surface area (Å²) in [6.45, 7) is 0. The van der Waals surface area contributed by atoms with E-state index in [4.69, 9.17) is 0 Å². The lowest BCUT2D eigenvalue weighted by atomic mass is 10.2. The first-order valence-electron chi connectivity index (χ1n) is 3.65. The van der Waals surface area contributed by atoms with Crippen LogP contribution in [0.4, 0.5) is 0 Å². The molecular formula is C8H9O3PS-2. The molecule has 0 bridgehead atoms. The minimum atomic E-state index is -4.42. The van der Waals surface area contributed by atoms with E-state index in [1.165, 1.54) is 0 Å². The smallest absolute Gasteiger partial charge is 0.00693 e. The van der Waals surface area contributed by atoms with Gasteiger partial charge in [0.1, 0.15) is 0 Å². The highest BCUT2D eigenvalue weighted by molar-refractivity contribution is 7.98. The van der Waals surface area contributed by atoms with E-state index >= 15 is 0 Å². The first kappa shape index (κ1) is 10.8. The molecule has 13 heavy (non-hydrogen) atoms. The fraction of sp³-hybridized carbons (Fsp3) is 0.250. The molecule has 0 N–H and O–H groups in total. The molecule has 0 radical (unpaired) electrons. The Bertz CT molecular complexity index is 317. The molecule has 1 aromatic carbocycles. The molecule has 0 saturated carbocycles. The van der Waals surface area contributed by atoms with E-state index in [1.54, 1.807) is 36.0 Å². The van der Waals surface area contributed by atoms with Crippen molar-refractivity contribution in [3.05, 3.63) is 29.8 Å². The number of benzene rings is 1. The van der Waals surface area contributed by atoms with Crippen LogP contribution in [0.25, 0.3) is 0 Å². The van der Waals surface area contributed by atoms with Gasteiger partial charge in [0.25, 0.3) is 0 Å². The van der Waals surface area contributed by atoms with E-state index < -0.39 is 13.8 Å². The fourth-order valence-corrected chi connectivity index (χ4v) is 2.02. The van der Waals surface area contributed by atoms with Crippen LogP contribution >= 0.6 is 19.4 Å². The van der Waals surface area contributed by atoms with Crippen molar-refractivity contribution in [1.29, 1.82) is 0 Å². The van der Waals surface area contributed by atoms with Gasteiger partial charge < -0.3 is 14.4 Å². The summed E-state index contributed by atoms with van der Waals surface area (Å²) >= 11 is 1.57. The lowest BCUT2D eigenvalue weighted by Gasteiger charge is -2.29. The fourth-order valence-electron chi connectivity index (χ4n) is 0.955. The Morgan fingerprint density at radius 2 is 1.85 bits per heavy atom. The van der Waals surface area contributed by atoms with Crippen molar-refractivity contribution in [1.82, 2.24) is 0 Å². The molecule has 0 aromatic heterocycles. The second kappa shape index (κ2) is 4.29. The molecule has 0 amide bonds. The van der Waals surface area contributed by atoms with Gasteiger partial charge in [-0.2, -0.15) is 0 Å². The Morgan fingerprint density at radius 1 is 1.31 bits per heavy atom. The van der Waals surface area contributed by atoms with Crippen LogP contribution in [0.5, 0.6) is 0 Å². The summed E-state index contributed by atoms with van der Waals surface area (Å²) in [5.41, 5.74) is 0.547. The SMILES string of the molecule is CSc1ccc(CP(=O)([O-])[O-])cc1. The normalized spacial score (nSPS) is 11.6. The molecule has 3 nitrogen and oxygen atoms in total. The van der Waals surface area contributed by atoms with Gasteiger partial charge in [-0.3, -0.25) is 0 Å². The number of thioether (sulfide) groups is 1. The maximum atomic E-state index is 10.4. The first-order chi connectivity index (χ1) is 6.01. The zero-order valence-corrected chi connectivity index (χ0v) is 8.81. The van der Waals surface area contributed by atoms with Crippen LogP contribution in [0.3, 0.4) is 0 Å². The third-order valence-electron chi connectivity index (χ3n) is 1.54. The molecule has 0 fully saturated rings. The van der Waals surface area contributed by atoms with E-state index in [-0.39, 0.29) is 0 Å². The Labute approximate surface area is 81.3 Å². The largest absolute Gasteiger partial charge is 0.810 e. The average Bonchev–Trinajstić information content (AvgIpc) is 2.03. The molecule has 1 rings (SSSR count). The molecule has 0 saturated heterocycles. The van der Waals surface area contributed by atoms with Gasteiger partial charge in [0, 0.05) is 11.1 Å². The van der Waals surface area contributed by atoms with Crippen molar-refractivity contribution in [2.75, 3.05) is 6.26 Å². The third kappa shape index (κ3) is 3.96. The maximum Gasteiger partial charge on any atom is 0.00693 e. The van der Waals surface area contributed by atoms with Crippen LogP contribution in [-0.4, -0.2) is 6.26 Å². The lowest BCUT2D eigenvalue weighted by Crippen LogP contribution is -2.15. The molecule has 0 aliphatic rings. The van der Waals surface area contributed by atoms with Crippen LogP contribution in [-0.2, 0) is 10.7 Å². The highest BCUT2D eigenvalue weighted by Crippen LogP contribution is 2.29. The van der Waals surface area contributed by atoms with Crippen molar-refractivity contribution in [3.8, 4) is 0 Å². The van der Waals surface area contributed by atoms with Crippen molar-refractivity contribution in [3.63, 3.8) is 0 Å². The van der Waals surface area contributed by atoms with Crippen LogP contribution in [0.2, 0.25) is 0 Å². The van der Waals surface area contributed by atoms with E-state index in [9.17, 15) is 14.4 Å². The van der Waals surface area contributed by atoms with Crippen LogP contribution < -0.4 is 9.79 Å². The topological polar surface area (TPSA) is 63.2 Å². The molecule has 0 spiro atoms. The highest BCUT2D eigenvalue weighted by Gasteiger charge is 1.96. The van der Waals surface area contributed by atoms with Gasteiger partial charge >= 0.3 is 0 Å². The van der Waals surface area contributed by atoms with Crippen molar-refractivity contribution < 1.29 is 14.4 Å². The molecule has 0 aliphatic carbocycles. The Balaban J connectivity index is 2.76. The van der Waals surface area contributed by atoms with Gasteiger partial charge in [-0.1, -0.05) is 19.7 Å². The number of hydrogen-bond donors (Lipinski definition) is 0. The quantitative estimate of drug-likeness (QED) is 0.554. The lowest BCUT2D eigenvalue weighted by molar-refractivity contribution is -0.314. The van der Waals surface area contributed by atoms with Crippen LogP contribution in [0.1, 0.15) is 5.56 Å². The molecular weight excluding hydrogens is 207 g/mol. The second-order valence-electron chi connectivity index (χ2n) is 2.62. The minimum Gasteiger partial charge on any atom is -0.810 e. The van der Waals surface area contributed by atoms with Gasteiger partial charge in [-0.15, -0.1) is 11.8 Å². The van der Waals surface area contributed by atoms with Crippen molar-refractivity contribution in [2.45, 2.75) is 11.1 Å². The summed E-state index contributed by atoms with van der Waals surface area (Å²) in [5, 5.41) is 0. The van der Waals surface area contributed by atoms with E-state index in [0.29, 0.717) is 5.56 Å². The predicted octanol–water partition coefficient (Wildman–Crippen LogP) is 0.822. The predicted molar refractivity (Wildman–Crippen MR) is 49.5 cm³/mol. The summed E-state index contributed by atoms with van der Waals surface area (Å²) in [4.78, 5) is 21.9. The molecule has 0 aliphatic heterocycles. The Hall–Kier alpha value is -0.280. The molecule has 0 atom stereocenters. The van der Waals surface area contributed by atoms with Gasteiger partial charge in [0.2, 0.25) is 0 Å². The van der Waals surface area contributed by atoms with Gasteiger partial charge in [-0.05, 0) is 24.0 Å². The van der Waals surface area contributed by atoms with Crippen LogP contribution in [0, 0.1) is 0 Å². The van der Waals surface area contributed by atoms with Gasteiger partial charge in [0.05, 0.1) is 0 Å². The summed E-state index contributed by atoms with van der Waals surface area (Å²) in [6, 6.07) is 6.92. The summed E-state index contributed by atoms with van der Waals surface area (Å²) < 4.78 is 10.4. The zero-order valence-electron chi connectivity index (χ0n) is 7.10. The molecule has 0 heterocycles. The number of rotatable bonds is 3. The van der Waals surface area contributed by atoms with Crippen molar-refractivity contribution >= 4 is 19.4 Å². The zero-order chi connectivity index (χ0) is 9.90. The summed E-state index contributed by atoms with van der Waals surface area (Å²) in [6.07, 6.45) is 1.53. The average molecular weight is 216 g/mol. The maximum absolute atomic E-state index is 10.4. The van der Waals surface area contributed by atoms with Gasteiger partial charge in [-0.25, -0.2) is 0 Å². The van der Waals surface area contributed by atoms with E-state index in [2.05, 4.69) is 0 Å². The Kier molecular flexibility index (Phi) is 3.56. The first-order valence-corrected chi connectivity index (χ1v) is 6.60. The van der Waals surface area contributed by atoms with Crippen LogP contribution in [0.15, 0.2) is 29.2 Å². The van der Waals surface area contributed by atoms with E-state index in [0.717, 1.165) is 4.90 Å². The van der Waals surface area contributed by atoms with Gasteiger partial charge in [0.15, 0.2) is 0 Å².